The van der Waals surface area contributed by atoms with Crippen LogP contribution in [0.5, 0.6) is 11.5 Å². The van der Waals surface area contributed by atoms with Crippen molar-refractivity contribution in [1.82, 2.24) is 0 Å². The Morgan fingerprint density at radius 2 is 1.69 bits per heavy atom. The van der Waals surface area contributed by atoms with Gasteiger partial charge in [0.05, 0.1) is 4.92 Å². The van der Waals surface area contributed by atoms with Gasteiger partial charge in [-0.3, -0.25) is 10.1 Å². The number of hydrogen-bond acceptors (Lipinski definition) is 8. The molecule has 0 aliphatic rings. The fourth-order valence-electron chi connectivity index (χ4n) is 2.40. The van der Waals surface area contributed by atoms with Crippen LogP contribution >= 0.6 is 7.82 Å². The van der Waals surface area contributed by atoms with Gasteiger partial charge in [-0.1, -0.05) is 36.4 Å². The van der Waals surface area contributed by atoms with E-state index in [1.807, 2.05) is 18.2 Å². The van der Waals surface area contributed by atoms with Crippen LogP contribution in [0.3, 0.4) is 0 Å². The highest BCUT2D eigenvalue weighted by atomic mass is 31.2. The standard InChI is InChI=1S/C19H17N2O7P/c1-13(20)19(22)28-29(25,26-16-11-9-15(10-12-16)21(23)24)27-18-8-4-6-14-5-2-3-7-17(14)18/h2-13H,20H2,1H3/t13-,29?/m0/s1. The molecule has 0 fully saturated rings. The van der Waals surface area contributed by atoms with Crippen LogP contribution < -0.4 is 14.8 Å². The third-order valence-electron chi connectivity index (χ3n) is 3.80. The zero-order valence-electron chi connectivity index (χ0n) is 15.3. The Morgan fingerprint density at radius 3 is 2.34 bits per heavy atom. The summed E-state index contributed by atoms with van der Waals surface area (Å²) in [5.41, 5.74) is 5.31. The minimum Gasteiger partial charge on any atom is -0.386 e. The Morgan fingerprint density at radius 1 is 1.03 bits per heavy atom. The summed E-state index contributed by atoms with van der Waals surface area (Å²) in [4.78, 5) is 22.2. The molecule has 3 aromatic rings. The molecule has 0 saturated carbocycles. The Labute approximate surface area is 165 Å². The Balaban J connectivity index is 1.95. The number of nitrogens with zero attached hydrogens (tertiary/aromatic N) is 1. The Bertz CT molecular complexity index is 1090. The van der Waals surface area contributed by atoms with Gasteiger partial charge in [0, 0.05) is 17.5 Å². The molecular weight excluding hydrogens is 399 g/mol. The molecule has 0 amide bonds. The quantitative estimate of drug-likeness (QED) is 0.344. The lowest BCUT2D eigenvalue weighted by molar-refractivity contribution is -0.384. The van der Waals surface area contributed by atoms with E-state index in [0.29, 0.717) is 5.39 Å². The van der Waals surface area contributed by atoms with Crippen LogP contribution in [-0.2, 0) is 13.9 Å². The zero-order valence-corrected chi connectivity index (χ0v) is 16.2. The first kappa shape index (κ1) is 20.3. The lowest BCUT2D eigenvalue weighted by Crippen LogP contribution is -2.29. The van der Waals surface area contributed by atoms with Gasteiger partial charge in [-0.15, -0.1) is 0 Å². The van der Waals surface area contributed by atoms with Crippen molar-refractivity contribution >= 4 is 30.3 Å². The van der Waals surface area contributed by atoms with Crippen LogP contribution in [0.15, 0.2) is 66.7 Å². The Kier molecular flexibility index (Phi) is 5.81. The lowest BCUT2D eigenvalue weighted by atomic mass is 10.1. The summed E-state index contributed by atoms with van der Waals surface area (Å²) >= 11 is 0. The number of fused-ring (bicyclic) bond motifs is 1. The van der Waals surface area contributed by atoms with Gasteiger partial charge in [0.1, 0.15) is 17.5 Å². The van der Waals surface area contributed by atoms with Crippen LogP contribution in [-0.4, -0.2) is 16.9 Å². The molecule has 1 unspecified atom stereocenters. The number of carbonyl (C=O) groups is 1. The molecule has 0 bridgehead atoms. The number of phosphoric ester groups is 1. The molecular formula is C19H17N2O7P. The maximum Gasteiger partial charge on any atom is 0.649 e. The van der Waals surface area contributed by atoms with Crippen molar-refractivity contribution in [3.8, 4) is 11.5 Å². The van der Waals surface area contributed by atoms with E-state index < -0.39 is 24.8 Å². The average Bonchev–Trinajstić information content (AvgIpc) is 2.68. The zero-order chi connectivity index (χ0) is 21.0. The second kappa shape index (κ2) is 8.30. The van der Waals surface area contributed by atoms with Crippen LogP contribution in [0.2, 0.25) is 0 Å². The van der Waals surface area contributed by atoms with Gasteiger partial charge in [-0.25, -0.2) is 4.79 Å². The van der Waals surface area contributed by atoms with E-state index in [-0.39, 0.29) is 17.2 Å². The monoisotopic (exact) mass is 416 g/mol. The maximum absolute atomic E-state index is 13.3. The molecule has 2 N–H and O–H groups in total. The highest BCUT2D eigenvalue weighted by molar-refractivity contribution is 7.50. The molecule has 0 aromatic heterocycles. The number of hydrogen-bond donors (Lipinski definition) is 1. The predicted octanol–water partition coefficient (Wildman–Crippen LogP) is 4.20. The van der Waals surface area contributed by atoms with Crippen molar-refractivity contribution < 1.29 is 27.9 Å². The molecule has 9 nitrogen and oxygen atoms in total. The molecule has 2 atom stereocenters. The molecule has 29 heavy (non-hydrogen) atoms. The second-order valence-electron chi connectivity index (χ2n) is 6.06. The SMILES string of the molecule is C[C@H](N)C(=O)OP(=O)(Oc1ccc([N+](=O)[O-])cc1)Oc1cccc2ccccc12. The van der Waals surface area contributed by atoms with Gasteiger partial charge in [0.2, 0.25) is 0 Å². The summed E-state index contributed by atoms with van der Waals surface area (Å²) in [6.45, 7) is 1.36. The number of benzene rings is 3. The van der Waals surface area contributed by atoms with Gasteiger partial charge in [-0.2, -0.15) is 4.57 Å². The second-order valence-corrected chi connectivity index (χ2v) is 7.50. The van der Waals surface area contributed by atoms with Gasteiger partial charge < -0.3 is 19.3 Å². The number of nitro benzene ring substituents is 1. The summed E-state index contributed by atoms with van der Waals surface area (Å²) < 4.78 is 29.0. The minimum atomic E-state index is -4.52. The third kappa shape index (κ3) is 4.90. The summed E-state index contributed by atoms with van der Waals surface area (Å²) in [5, 5.41) is 12.2. The molecule has 0 aliphatic carbocycles. The number of non-ortho nitro benzene ring substituents is 1. The fraction of sp³-hybridized carbons (Fsp3) is 0.105. The molecule has 0 radical (unpaired) electrons. The van der Waals surface area contributed by atoms with Crippen molar-refractivity contribution in [2.75, 3.05) is 0 Å². The van der Waals surface area contributed by atoms with Crippen LogP contribution in [0.4, 0.5) is 5.69 Å². The number of nitro groups is 1. The molecule has 3 rings (SSSR count). The lowest BCUT2D eigenvalue weighted by Gasteiger charge is -2.20. The van der Waals surface area contributed by atoms with Crippen molar-refractivity contribution in [2.45, 2.75) is 13.0 Å². The molecule has 0 aliphatic heterocycles. The first-order valence-electron chi connectivity index (χ1n) is 8.48. The number of nitrogens with two attached hydrogens (primary N) is 1. The summed E-state index contributed by atoms with van der Waals surface area (Å²) in [7, 11) is -4.52. The molecule has 150 valence electrons. The van der Waals surface area contributed by atoms with E-state index in [4.69, 9.17) is 19.3 Å². The van der Waals surface area contributed by atoms with Gasteiger partial charge >= 0.3 is 13.8 Å². The van der Waals surface area contributed by atoms with Crippen molar-refractivity contribution in [1.29, 1.82) is 0 Å². The van der Waals surface area contributed by atoms with Gasteiger partial charge in [0.15, 0.2) is 0 Å². The molecule has 0 spiro atoms. The summed E-state index contributed by atoms with van der Waals surface area (Å²) in [5.74, 6) is -0.863. The Hall–Kier alpha value is -3.42. The topological polar surface area (TPSA) is 131 Å². The number of phosphoric acid groups is 1. The molecule has 0 heterocycles. The van der Waals surface area contributed by atoms with Crippen molar-refractivity contribution in [3.05, 3.63) is 76.8 Å². The predicted molar refractivity (Wildman–Crippen MR) is 106 cm³/mol. The first-order chi connectivity index (χ1) is 13.8. The summed E-state index contributed by atoms with van der Waals surface area (Å²) in [6, 6.07) is 15.9. The molecule has 3 aromatic carbocycles. The van der Waals surface area contributed by atoms with E-state index in [1.165, 1.54) is 19.1 Å². The van der Waals surface area contributed by atoms with E-state index in [9.17, 15) is 19.5 Å². The largest absolute Gasteiger partial charge is 0.649 e. The van der Waals surface area contributed by atoms with Crippen LogP contribution in [0.1, 0.15) is 6.92 Å². The smallest absolute Gasteiger partial charge is 0.386 e. The average molecular weight is 416 g/mol. The first-order valence-corrected chi connectivity index (χ1v) is 9.94. The van der Waals surface area contributed by atoms with E-state index in [1.54, 1.807) is 24.3 Å². The van der Waals surface area contributed by atoms with Crippen molar-refractivity contribution in [2.24, 2.45) is 5.73 Å². The van der Waals surface area contributed by atoms with E-state index >= 15 is 0 Å². The minimum absolute atomic E-state index is 0.0448. The van der Waals surface area contributed by atoms with E-state index in [0.717, 1.165) is 17.5 Å². The fourth-order valence-corrected chi connectivity index (χ4v) is 3.68. The van der Waals surface area contributed by atoms with Crippen LogP contribution in [0, 0.1) is 10.1 Å². The number of rotatable bonds is 7. The highest BCUT2D eigenvalue weighted by Gasteiger charge is 2.37. The normalized spacial score (nSPS) is 13.9. The van der Waals surface area contributed by atoms with Gasteiger partial charge in [-0.05, 0) is 30.5 Å². The molecule has 10 heteroatoms. The number of carbonyl (C=O) groups excluding carboxylic acids is 1. The molecule has 0 saturated heterocycles. The highest BCUT2D eigenvalue weighted by Crippen LogP contribution is 2.51. The third-order valence-corrected chi connectivity index (χ3v) is 5.06. The van der Waals surface area contributed by atoms with Gasteiger partial charge in [0.25, 0.3) is 5.69 Å². The van der Waals surface area contributed by atoms with E-state index in [2.05, 4.69) is 0 Å². The van der Waals surface area contributed by atoms with Crippen LogP contribution in [0.25, 0.3) is 10.8 Å². The maximum atomic E-state index is 13.3. The van der Waals surface area contributed by atoms with Crippen molar-refractivity contribution in [3.63, 3.8) is 0 Å². The summed E-state index contributed by atoms with van der Waals surface area (Å²) in [6.07, 6.45) is 0.